The van der Waals surface area contributed by atoms with Crippen LogP contribution in [-0.2, 0) is 16.1 Å². The zero-order chi connectivity index (χ0) is 17.9. The summed E-state index contributed by atoms with van der Waals surface area (Å²) in [5, 5.41) is 4.69. The fraction of sp³-hybridized carbons (Fsp3) is 0.368. The highest BCUT2D eigenvalue weighted by Crippen LogP contribution is 2.36. The number of thiophene rings is 1. The molecule has 7 heteroatoms. The maximum atomic E-state index is 12.7. The first-order chi connectivity index (χ1) is 12.7. The first-order valence-electron chi connectivity index (χ1n) is 8.89. The van der Waals surface area contributed by atoms with Gasteiger partial charge in [0.05, 0.1) is 42.0 Å². The monoisotopic (exact) mass is 388 g/mol. The Kier molecular flexibility index (Phi) is 5.28. The topological polar surface area (TPSA) is 53.9 Å². The molecule has 1 saturated heterocycles. The summed E-state index contributed by atoms with van der Waals surface area (Å²) in [5.41, 5.74) is 0.844. The van der Waals surface area contributed by atoms with Crippen molar-refractivity contribution in [3.8, 4) is 0 Å². The van der Waals surface area contributed by atoms with Crippen molar-refractivity contribution in [2.75, 3.05) is 31.5 Å². The summed E-state index contributed by atoms with van der Waals surface area (Å²) < 4.78 is 0. The van der Waals surface area contributed by atoms with Gasteiger partial charge in [0.2, 0.25) is 11.8 Å². The predicted octanol–water partition coefficient (Wildman–Crippen LogP) is 1.48. The first-order valence-corrected chi connectivity index (χ1v) is 10.7. The molecule has 2 N–H and O–H groups in total. The zero-order valence-corrected chi connectivity index (χ0v) is 16.1. The van der Waals surface area contributed by atoms with Crippen LogP contribution in [0.4, 0.5) is 5.69 Å². The van der Waals surface area contributed by atoms with Gasteiger partial charge in [-0.3, -0.25) is 9.59 Å². The van der Waals surface area contributed by atoms with Gasteiger partial charge in [-0.25, -0.2) is 0 Å². The number of nitrogens with one attached hydrogen (secondary N) is 2. The molecule has 0 radical (unpaired) electrons. The second kappa shape index (κ2) is 7.82. The fourth-order valence-corrected chi connectivity index (χ4v) is 5.30. The van der Waals surface area contributed by atoms with Crippen molar-refractivity contribution in [1.82, 2.24) is 4.90 Å². The van der Waals surface area contributed by atoms with Gasteiger partial charge in [0.25, 0.3) is 0 Å². The van der Waals surface area contributed by atoms with E-state index in [1.807, 2.05) is 29.2 Å². The van der Waals surface area contributed by atoms with Crippen molar-refractivity contribution in [3.63, 3.8) is 0 Å². The van der Waals surface area contributed by atoms with Crippen LogP contribution >= 0.6 is 23.1 Å². The minimum atomic E-state index is -0.339. The number of carbonyl (C=O) groups is 2. The summed E-state index contributed by atoms with van der Waals surface area (Å²) >= 11 is 3.29. The number of nitrogens with zero attached hydrogens (tertiary/aromatic N) is 1. The average molecular weight is 389 g/mol. The number of para-hydroxylation sites is 1. The highest BCUT2D eigenvalue weighted by atomic mass is 32.2. The van der Waals surface area contributed by atoms with E-state index in [0.29, 0.717) is 0 Å². The van der Waals surface area contributed by atoms with Crippen molar-refractivity contribution >= 4 is 40.6 Å². The highest BCUT2D eigenvalue weighted by Gasteiger charge is 2.32. The van der Waals surface area contributed by atoms with Crippen molar-refractivity contribution < 1.29 is 14.5 Å². The maximum absolute atomic E-state index is 12.7. The Hall–Kier alpha value is -1.83. The average Bonchev–Trinajstić information content (AvgIpc) is 3.16. The molecular weight excluding hydrogens is 366 g/mol. The molecule has 2 amide bonds. The molecule has 1 aromatic heterocycles. The van der Waals surface area contributed by atoms with Gasteiger partial charge in [0, 0.05) is 11.3 Å². The summed E-state index contributed by atoms with van der Waals surface area (Å²) in [7, 11) is 0. The Morgan fingerprint density at radius 1 is 1.19 bits per heavy atom. The van der Waals surface area contributed by atoms with E-state index < -0.39 is 0 Å². The number of benzene rings is 1. The van der Waals surface area contributed by atoms with Crippen LogP contribution in [0.5, 0.6) is 0 Å². The van der Waals surface area contributed by atoms with Crippen LogP contribution in [0.1, 0.15) is 11.3 Å². The molecule has 1 aromatic carbocycles. The zero-order valence-electron chi connectivity index (χ0n) is 14.4. The van der Waals surface area contributed by atoms with Crippen LogP contribution in [-0.4, -0.2) is 48.1 Å². The van der Waals surface area contributed by atoms with Crippen LogP contribution in [0.2, 0.25) is 0 Å². The Morgan fingerprint density at radius 3 is 2.77 bits per heavy atom. The number of amides is 2. The van der Waals surface area contributed by atoms with Gasteiger partial charge in [-0.05, 0) is 23.6 Å². The Balaban J connectivity index is 1.30. The molecule has 4 rings (SSSR count). The number of hydrogen-bond acceptors (Lipinski definition) is 4. The van der Waals surface area contributed by atoms with Gasteiger partial charge in [0.1, 0.15) is 6.54 Å². The van der Waals surface area contributed by atoms with Crippen molar-refractivity contribution in [3.05, 3.63) is 46.7 Å². The second-order valence-corrected chi connectivity index (χ2v) is 8.96. The summed E-state index contributed by atoms with van der Waals surface area (Å²) in [4.78, 5) is 30.9. The largest absolute Gasteiger partial charge is 0.331 e. The first kappa shape index (κ1) is 17.6. The van der Waals surface area contributed by atoms with E-state index in [1.54, 1.807) is 11.3 Å². The minimum Gasteiger partial charge on any atom is -0.331 e. The summed E-state index contributed by atoms with van der Waals surface area (Å²) in [6.07, 6.45) is 0.269. The van der Waals surface area contributed by atoms with Gasteiger partial charge in [-0.15, -0.1) is 23.1 Å². The summed E-state index contributed by atoms with van der Waals surface area (Å²) in [5.74, 6) is 0.0243. The van der Waals surface area contributed by atoms with Crippen molar-refractivity contribution in [2.24, 2.45) is 0 Å². The van der Waals surface area contributed by atoms with E-state index in [0.717, 1.165) is 43.3 Å². The summed E-state index contributed by atoms with van der Waals surface area (Å²) in [6, 6.07) is 12.0. The number of carbonyl (C=O) groups excluding carboxylic acids is 2. The van der Waals surface area contributed by atoms with Crippen LogP contribution < -0.4 is 10.2 Å². The Bertz CT molecular complexity index is 786. The standard InChI is InChI=1S/C19H21N3O2S2/c23-18(12-17-19(24)20-15-5-1-2-6-16(15)26-17)22-9-7-21(8-10-22)13-14-4-3-11-25-14/h1-6,11,17H,7-10,12-13H2,(H,20,24)/p+1/t17-/m1/s1. The third kappa shape index (κ3) is 3.95. The number of anilines is 1. The lowest BCUT2D eigenvalue weighted by atomic mass is 10.2. The van der Waals surface area contributed by atoms with Crippen LogP contribution in [0.3, 0.4) is 0 Å². The van der Waals surface area contributed by atoms with E-state index in [2.05, 4.69) is 22.8 Å². The molecule has 5 nitrogen and oxygen atoms in total. The number of rotatable bonds is 4. The molecular formula is C19H22N3O2S2+. The van der Waals surface area contributed by atoms with Gasteiger partial charge in [0.15, 0.2) is 0 Å². The molecule has 26 heavy (non-hydrogen) atoms. The number of quaternary nitrogens is 1. The summed E-state index contributed by atoms with van der Waals surface area (Å²) in [6.45, 7) is 4.52. The third-order valence-electron chi connectivity index (χ3n) is 4.89. The lowest BCUT2D eigenvalue weighted by Crippen LogP contribution is -3.13. The predicted molar refractivity (Wildman–Crippen MR) is 105 cm³/mol. The maximum Gasteiger partial charge on any atom is 0.238 e. The quantitative estimate of drug-likeness (QED) is 0.834. The van der Waals surface area contributed by atoms with E-state index in [9.17, 15) is 9.59 Å². The van der Waals surface area contributed by atoms with E-state index >= 15 is 0 Å². The molecule has 1 atom stereocenters. The van der Waals surface area contributed by atoms with Gasteiger partial charge in [-0.1, -0.05) is 18.2 Å². The number of thioether (sulfide) groups is 1. The minimum absolute atomic E-state index is 0.0657. The van der Waals surface area contributed by atoms with Crippen molar-refractivity contribution in [1.29, 1.82) is 0 Å². The number of hydrogen-bond donors (Lipinski definition) is 2. The molecule has 3 heterocycles. The third-order valence-corrected chi connectivity index (χ3v) is 7.05. The number of fused-ring (bicyclic) bond motifs is 1. The molecule has 2 aliphatic heterocycles. The van der Waals surface area contributed by atoms with E-state index in [-0.39, 0.29) is 23.5 Å². The van der Waals surface area contributed by atoms with Gasteiger partial charge in [-0.2, -0.15) is 0 Å². The van der Waals surface area contributed by atoms with Gasteiger partial charge < -0.3 is 15.1 Å². The lowest BCUT2D eigenvalue weighted by Gasteiger charge is -2.33. The molecule has 0 spiro atoms. The van der Waals surface area contributed by atoms with Crippen LogP contribution in [0.15, 0.2) is 46.7 Å². The molecule has 0 aliphatic carbocycles. The molecule has 0 bridgehead atoms. The highest BCUT2D eigenvalue weighted by molar-refractivity contribution is 8.01. The van der Waals surface area contributed by atoms with Gasteiger partial charge >= 0.3 is 0 Å². The van der Waals surface area contributed by atoms with Crippen molar-refractivity contribution in [2.45, 2.75) is 23.1 Å². The SMILES string of the molecule is O=C1Nc2ccccc2S[C@@H]1CC(=O)N1CC[NH+](Cc2cccs2)CC1. The second-order valence-electron chi connectivity index (χ2n) is 6.68. The normalized spacial score (nSPS) is 20.5. The number of piperazine rings is 1. The molecule has 0 unspecified atom stereocenters. The fourth-order valence-electron chi connectivity index (χ4n) is 3.42. The Labute approximate surface area is 161 Å². The van der Waals surface area contributed by atoms with Crippen LogP contribution in [0, 0.1) is 0 Å². The van der Waals surface area contributed by atoms with E-state index in [1.165, 1.54) is 21.5 Å². The molecule has 136 valence electrons. The molecule has 1 fully saturated rings. The van der Waals surface area contributed by atoms with Crippen LogP contribution in [0.25, 0.3) is 0 Å². The van der Waals surface area contributed by atoms with E-state index in [4.69, 9.17) is 0 Å². The Morgan fingerprint density at radius 2 is 2.00 bits per heavy atom. The smallest absolute Gasteiger partial charge is 0.238 e. The molecule has 2 aromatic rings. The lowest BCUT2D eigenvalue weighted by molar-refractivity contribution is -0.917. The molecule has 0 saturated carbocycles. The molecule has 2 aliphatic rings.